The summed E-state index contributed by atoms with van der Waals surface area (Å²) >= 11 is 0. The van der Waals surface area contributed by atoms with Gasteiger partial charge in [0.05, 0.1) is 18.5 Å². The molecule has 1 aromatic heterocycles. The van der Waals surface area contributed by atoms with Crippen molar-refractivity contribution in [2.45, 2.75) is 51.0 Å². The molecule has 1 aliphatic heterocycles. The lowest BCUT2D eigenvalue weighted by atomic mass is 9.92. The molecule has 29 heavy (non-hydrogen) atoms. The fraction of sp³-hybridized carbons (Fsp3) is 0.571. The largest absolute Gasteiger partial charge is 0.495 e. The summed E-state index contributed by atoms with van der Waals surface area (Å²) in [4.78, 5) is 2.50. The number of hydrogen-bond acceptors (Lipinski definition) is 5. The van der Waals surface area contributed by atoms with E-state index >= 15 is 0 Å². The molecule has 8 heteroatoms. The first-order valence-corrected chi connectivity index (χ1v) is 11.5. The van der Waals surface area contributed by atoms with Gasteiger partial charge in [0.25, 0.3) is 0 Å². The Balaban J connectivity index is 1.85. The molecule has 1 fully saturated rings. The van der Waals surface area contributed by atoms with Gasteiger partial charge in [0.1, 0.15) is 10.6 Å². The van der Waals surface area contributed by atoms with E-state index in [-0.39, 0.29) is 11.5 Å². The minimum absolute atomic E-state index is 0.0995. The monoisotopic (exact) mass is 420 g/mol. The molecule has 0 spiro atoms. The first-order valence-electron chi connectivity index (χ1n) is 10.0. The van der Waals surface area contributed by atoms with Crippen LogP contribution < -0.4 is 9.64 Å². The predicted molar refractivity (Wildman–Crippen MR) is 115 cm³/mol. The van der Waals surface area contributed by atoms with Crippen molar-refractivity contribution in [2.24, 2.45) is 0 Å². The van der Waals surface area contributed by atoms with Gasteiger partial charge in [-0.2, -0.15) is 9.40 Å². The molecule has 1 saturated heterocycles. The van der Waals surface area contributed by atoms with Gasteiger partial charge in [-0.3, -0.25) is 4.68 Å². The van der Waals surface area contributed by atoms with Crippen LogP contribution in [-0.4, -0.2) is 55.8 Å². The predicted octanol–water partition coefficient (Wildman–Crippen LogP) is 3.28. The lowest BCUT2D eigenvalue weighted by molar-refractivity contribution is 0.377. The lowest BCUT2D eigenvalue weighted by Gasteiger charge is -2.36. The number of benzene rings is 1. The number of aromatic nitrogens is 2. The van der Waals surface area contributed by atoms with Crippen molar-refractivity contribution in [3.05, 3.63) is 36.2 Å². The van der Waals surface area contributed by atoms with Gasteiger partial charge in [-0.25, -0.2) is 8.42 Å². The zero-order valence-electron chi connectivity index (χ0n) is 18.2. The number of nitrogens with zero attached hydrogens (tertiary/aromatic N) is 4. The molecule has 2 aromatic rings. The van der Waals surface area contributed by atoms with E-state index in [0.717, 1.165) is 11.4 Å². The van der Waals surface area contributed by atoms with Crippen LogP contribution in [0, 0.1) is 0 Å². The van der Waals surface area contributed by atoms with Gasteiger partial charge >= 0.3 is 0 Å². The number of sulfonamides is 1. The normalized spacial score (nSPS) is 16.4. The van der Waals surface area contributed by atoms with Gasteiger partial charge in [0.15, 0.2) is 0 Å². The second kappa shape index (κ2) is 7.99. The molecule has 0 atom stereocenters. The van der Waals surface area contributed by atoms with E-state index in [9.17, 15) is 8.42 Å². The third-order valence-electron chi connectivity index (χ3n) is 5.22. The standard InChI is InChI=1S/C21H32N4O3S/c1-16(2)25-15-19(20(22-25)21(3,4)5)29(26,27)24-13-11-23(12-14-24)17-9-7-8-10-18(17)28-6/h7-10,15-16H,11-14H2,1-6H3. The van der Waals surface area contributed by atoms with E-state index in [1.807, 2.05) is 58.9 Å². The summed E-state index contributed by atoms with van der Waals surface area (Å²) in [5.74, 6) is 0.803. The number of rotatable bonds is 5. The van der Waals surface area contributed by atoms with Crippen LogP contribution in [0.3, 0.4) is 0 Å². The Morgan fingerprint density at radius 2 is 1.69 bits per heavy atom. The Morgan fingerprint density at radius 3 is 2.24 bits per heavy atom. The highest BCUT2D eigenvalue weighted by atomic mass is 32.2. The Labute approximate surface area is 174 Å². The average molecular weight is 421 g/mol. The molecular formula is C21H32N4O3S. The van der Waals surface area contributed by atoms with Crippen LogP contribution in [0.15, 0.2) is 35.4 Å². The first-order chi connectivity index (χ1) is 13.6. The molecule has 3 rings (SSSR count). The van der Waals surface area contributed by atoms with Gasteiger partial charge < -0.3 is 9.64 Å². The van der Waals surface area contributed by atoms with E-state index in [2.05, 4.69) is 10.00 Å². The highest BCUT2D eigenvalue weighted by Gasteiger charge is 2.36. The number of piperazine rings is 1. The maximum absolute atomic E-state index is 13.5. The zero-order chi connectivity index (χ0) is 21.4. The van der Waals surface area contributed by atoms with E-state index < -0.39 is 10.0 Å². The molecule has 0 bridgehead atoms. The maximum atomic E-state index is 13.5. The van der Waals surface area contributed by atoms with Crippen LogP contribution in [-0.2, 0) is 15.4 Å². The molecule has 2 heterocycles. The number of para-hydroxylation sites is 2. The second-order valence-electron chi connectivity index (χ2n) is 8.73. The second-order valence-corrected chi connectivity index (χ2v) is 10.6. The fourth-order valence-corrected chi connectivity index (χ4v) is 5.30. The number of methoxy groups -OCH3 is 1. The van der Waals surface area contributed by atoms with Gasteiger partial charge in [0.2, 0.25) is 10.0 Å². The van der Waals surface area contributed by atoms with Gasteiger partial charge in [-0.05, 0) is 26.0 Å². The molecule has 1 aliphatic rings. The van der Waals surface area contributed by atoms with Crippen LogP contribution in [0.25, 0.3) is 0 Å². The molecule has 0 unspecified atom stereocenters. The zero-order valence-corrected chi connectivity index (χ0v) is 19.0. The molecule has 0 saturated carbocycles. The van der Waals surface area contributed by atoms with Crippen LogP contribution in [0.4, 0.5) is 5.69 Å². The molecule has 1 aromatic carbocycles. The van der Waals surface area contributed by atoms with Crippen molar-refractivity contribution < 1.29 is 13.2 Å². The summed E-state index contributed by atoms with van der Waals surface area (Å²) in [7, 11) is -1.97. The van der Waals surface area contributed by atoms with Crippen molar-refractivity contribution in [1.29, 1.82) is 0 Å². The topological polar surface area (TPSA) is 67.7 Å². The Kier molecular flexibility index (Phi) is 5.96. The lowest BCUT2D eigenvalue weighted by Crippen LogP contribution is -2.49. The Hall–Kier alpha value is -2.06. The summed E-state index contributed by atoms with van der Waals surface area (Å²) in [6.45, 7) is 12.1. The number of ether oxygens (including phenoxy) is 1. The van der Waals surface area contributed by atoms with Crippen molar-refractivity contribution in [3.63, 3.8) is 0 Å². The van der Waals surface area contributed by atoms with Crippen LogP contribution in [0.2, 0.25) is 0 Å². The molecule has 160 valence electrons. The van der Waals surface area contributed by atoms with E-state index in [1.165, 1.54) is 0 Å². The SMILES string of the molecule is COc1ccccc1N1CCN(S(=O)(=O)c2cn(C(C)C)nc2C(C)(C)C)CC1. The molecule has 0 radical (unpaired) electrons. The molecule has 0 N–H and O–H groups in total. The fourth-order valence-electron chi connectivity index (χ4n) is 3.55. The minimum Gasteiger partial charge on any atom is -0.495 e. The van der Waals surface area contributed by atoms with Crippen molar-refractivity contribution in [1.82, 2.24) is 14.1 Å². The van der Waals surface area contributed by atoms with Gasteiger partial charge in [-0.1, -0.05) is 32.9 Å². The highest BCUT2D eigenvalue weighted by molar-refractivity contribution is 7.89. The Morgan fingerprint density at radius 1 is 1.07 bits per heavy atom. The van der Waals surface area contributed by atoms with Gasteiger partial charge in [0, 0.05) is 43.8 Å². The number of hydrogen-bond donors (Lipinski definition) is 0. The molecular weight excluding hydrogens is 388 g/mol. The molecule has 7 nitrogen and oxygen atoms in total. The van der Waals surface area contributed by atoms with Crippen LogP contribution >= 0.6 is 0 Å². The summed E-state index contributed by atoms with van der Waals surface area (Å²) < 4.78 is 35.8. The quantitative estimate of drug-likeness (QED) is 0.743. The van der Waals surface area contributed by atoms with Crippen molar-refractivity contribution >= 4 is 15.7 Å². The summed E-state index contributed by atoms with van der Waals surface area (Å²) in [6, 6.07) is 7.93. The smallest absolute Gasteiger partial charge is 0.246 e. The third-order valence-corrected chi connectivity index (χ3v) is 7.12. The summed E-state index contributed by atoms with van der Waals surface area (Å²) in [5.41, 5.74) is 1.26. The van der Waals surface area contributed by atoms with Crippen molar-refractivity contribution in [3.8, 4) is 5.75 Å². The minimum atomic E-state index is -3.62. The average Bonchev–Trinajstić information content (AvgIpc) is 3.15. The Bertz CT molecular complexity index is 953. The summed E-state index contributed by atoms with van der Waals surface area (Å²) in [5, 5.41) is 4.61. The summed E-state index contributed by atoms with van der Waals surface area (Å²) in [6.07, 6.45) is 1.69. The third kappa shape index (κ3) is 4.28. The van der Waals surface area contributed by atoms with E-state index in [0.29, 0.717) is 36.8 Å². The number of anilines is 1. The molecule has 0 aliphatic carbocycles. The van der Waals surface area contributed by atoms with E-state index in [4.69, 9.17) is 4.74 Å². The van der Waals surface area contributed by atoms with Crippen LogP contribution in [0.5, 0.6) is 5.75 Å². The van der Waals surface area contributed by atoms with Crippen LogP contribution in [0.1, 0.15) is 46.4 Å². The van der Waals surface area contributed by atoms with E-state index in [1.54, 1.807) is 22.3 Å². The highest BCUT2D eigenvalue weighted by Crippen LogP contribution is 2.32. The maximum Gasteiger partial charge on any atom is 0.246 e. The molecule has 0 amide bonds. The first kappa shape index (κ1) is 21.6. The van der Waals surface area contributed by atoms with Gasteiger partial charge in [-0.15, -0.1) is 0 Å². The van der Waals surface area contributed by atoms with Crippen molar-refractivity contribution in [2.75, 3.05) is 38.2 Å².